The molecule has 0 heterocycles. The first-order valence-electron chi connectivity index (χ1n) is 9.54. The first-order chi connectivity index (χ1) is 13.2. The van der Waals surface area contributed by atoms with Crippen LogP contribution in [-0.2, 0) is 6.42 Å². The minimum absolute atomic E-state index is 0.176. The zero-order chi connectivity index (χ0) is 20.7. The Bertz CT molecular complexity index is 765. The van der Waals surface area contributed by atoms with Gasteiger partial charge in [-0.2, -0.15) is 13.2 Å². The number of benzene rings is 2. The molecule has 2 rings (SSSR count). The van der Waals surface area contributed by atoms with Crippen molar-refractivity contribution in [1.82, 2.24) is 0 Å². The van der Waals surface area contributed by atoms with Crippen LogP contribution in [0.15, 0.2) is 42.5 Å². The highest BCUT2D eigenvalue weighted by atomic mass is 19.4. The molecule has 28 heavy (non-hydrogen) atoms. The highest BCUT2D eigenvalue weighted by Crippen LogP contribution is 2.27. The molecule has 0 saturated carbocycles. The van der Waals surface area contributed by atoms with E-state index in [1.807, 2.05) is 12.1 Å². The summed E-state index contributed by atoms with van der Waals surface area (Å²) in [7, 11) is 0. The van der Waals surface area contributed by atoms with Crippen LogP contribution < -0.4 is 0 Å². The lowest BCUT2D eigenvalue weighted by molar-refractivity contribution is -0.0790. The number of hydrogen-bond acceptors (Lipinski definition) is 0. The lowest BCUT2D eigenvalue weighted by Gasteiger charge is -2.10. The molecule has 1 atom stereocenters. The average Bonchev–Trinajstić information content (AvgIpc) is 2.61. The summed E-state index contributed by atoms with van der Waals surface area (Å²) in [4.78, 5) is 0. The van der Waals surface area contributed by atoms with Gasteiger partial charge >= 0.3 is 6.18 Å². The smallest absolute Gasteiger partial charge is 0.206 e. The minimum atomic E-state index is -4.62. The molecule has 152 valence electrons. The Balaban J connectivity index is 2.08. The molecule has 5 heteroatoms. The lowest BCUT2D eigenvalue weighted by Crippen LogP contribution is -2.01. The Morgan fingerprint density at radius 1 is 0.929 bits per heavy atom. The molecule has 0 aliphatic carbocycles. The SMILES string of the molecule is CCCC(C)CCCc1ccc(-c2cc(F)c(/C=C/C(F)(F)F)c(F)c2)cc1. The van der Waals surface area contributed by atoms with Gasteiger partial charge in [0, 0.05) is 11.6 Å². The van der Waals surface area contributed by atoms with E-state index in [-0.39, 0.29) is 6.08 Å². The quantitative estimate of drug-likeness (QED) is 0.397. The molecular formula is C23H25F5. The molecule has 0 bridgehead atoms. The molecule has 0 saturated heterocycles. The monoisotopic (exact) mass is 396 g/mol. The number of aryl methyl sites for hydroxylation is 1. The summed E-state index contributed by atoms with van der Waals surface area (Å²) in [6, 6.07) is 9.52. The van der Waals surface area contributed by atoms with E-state index in [1.165, 1.54) is 19.3 Å². The van der Waals surface area contributed by atoms with Gasteiger partial charge in [-0.1, -0.05) is 57.4 Å². The highest BCUT2D eigenvalue weighted by Gasteiger charge is 2.23. The van der Waals surface area contributed by atoms with Gasteiger partial charge in [0.1, 0.15) is 11.6 Å². The molecule has 0 N–H and O–H groups in total. The fraction of sp³-hybridized carbons (Fsp3) is 0.391. The topological polar surface area (TPSA) is 0 Å². The first-order valence-corrected chi connectivity index (χ1v) is 9.54. The van der Waals surface area contributed by atoms with Crippen molar-refractivity contribution in [1.29, 1.82) is 0 Å². The summed E-state index contributed by atoms with van der Waals surface area (Å²) in [6.07, 6.45) is 1.22. The van der Waals surface area contributed by atoms with Gasteiger partial charge in [-0.25, -0.2) is 8.78 Å². The molecule has 0 amide bonds. The first kappa shape index (κ1) is 22.1. The molecule has 1 unspecified atom stereocenters. The summed E-state index contributed by atoms with van der Waals surface area (Å²) in [5.74, 6) is -1.34. The van der Waals surface area contributed by atoms with Gasteiger partial charge in [0.25, 0.3) is 0 Å². The maximum absolute atomic E-state index is 14.1. The molecule has 0 radical (unpaired) electrons. The number of halogens is 5. The van der Waals surface area contributed by atoms with Crippen molar-refractivity contribution in [2.75, 3.05) is 0 Å². The van der Waals surface area contributed by atoms with E-state index < -0.39 is 23.4 Å². The molecule has 2 aromatic carbocycles. The zero-order valence-electron chi connectivity index (χ0n) is 16.1. The summed E-state index contributed by atoms with van der Waals surface area (Å²) in [5, 5.41) is 0. The fourth-order valence-corrected chi connectivity index (χ4v) is 3.24. The third kappa shape index (κ3) is 6.77. The third-order valence-electron chi connectivity index (χ3n) is 4.75. The summed E-state index contributed by atoms with van der Waals surface area (Å²) in [5.41, 5.74) is 1.37. The number of allylic oxidation sites excluding steroid dienone is 1. The zero-order valence-corrected chi connectivity index (χ0v) is 16.1. The highest BCUT2D eigenvalue weighted by molar-refractivity contribution is 5.67. The van der Waals surface area contributed by atoms with Crippen LogP contribution in [0.5, 0.6) is 0 Å². The molecule has 0 spiro atoms. The second-order valence-corrected chi connectivity index (χ2v) is 7.21. The number of hydrogen-bond donors (Lipinski definition) is 0. The summed E-state index contributed by atoms with van der Waals surface area (Å²) >= 11 is 0. The van der Waals surface area contributed by atoms with Crippen LogP contribution in [0, 0.1) is 17.6 Å². The van der Waals surface area contributed by atoms with Crippen molar-refractivity contribution in [3.63, 3.8) is 0 Å². The van der Waals surface area contributed by atoms with Gasteiger partial charge in [0.2, 0.25) is 0 Å². The van der Waals surface area contributed by atoms with Crippen molar-refractivity contribution in [3.05, 3.63) is 65.2 Å². The van der Waals surface area contributed by atoms with E-state index in [0.717, 1.165) is 30.5 Å². The van der Waals surface area contributed by atoms with E-state index in [0.29, 0.717) is 23.1 Å². The average molecular weight is 396 g/mol. The van der Waals surface area contributed by atoms with Gasteiger partial charge in [-0.3, -0.25) is 0 Å². The fourth-order valence-electron chi connectivity index (χ4n) is 3.24. The predicted octanol–water partition coefficient (Wildman–Crippen LogP) is 7.97. The van der Waals surface area contributed by atoms with E-state index in [1.54, 1.807) is 12.1 Å². The van der Waals surface area contributed by atoms with Gasteiger partial charge in [0.15, 0.2) is 0 Å². The van der Waals surface area contributed by atoms with Crippen molar-refractivity contribution < 1.29 is 22.0 Å². The normalized spacial score (nSPS) is 13.2. The van der Waals surface area contributed by atoms with Crippen LogP contribution in [0.4, 0.5) is 22.0 Å². The van der Waals surface area contributed by atoms with Crippen molar-refractivity contribution in [3.8, 4) is 11.1 Å². The van der Waals surface area contributed by atoms with E-state index in [4.69, 9.17) is 0 Å². The van der Waals surface area contributed by atoms with E-state index >= 15 is 0 Å². The van der Waals surface area contributed by atoms with Gasteiger partial charge in [-0.05, 0) is 53.7 Å². The Morgan fingerprint density at radius 3 is 2.07 bits per heavy atom. The molecule has 0 aliphatic rings. The molecule has 0 aromatic heterocycles. The Kier molecular flexibility index (Phi) is 7.78. The van der Waals surface area contributed by atoms with Crippen molar-refractivity contribution >= 4 is 6.08 Å². The summed E-state index contributed by atoms with van der Waals surface area (Å²) < 4.78 is 64.9. The van der Waals surface area contributed by atoms with Crippen molar-refractivity contribution in [2.45, 2.75) is 52.1 Å². The van der Waals surface area contributed by atoms with E-state index in [9.17, 15) is 22.0 Å². The van der Waals surface area contributed by atoms with Gasteiger partial charge in [0.05, 0.1) is 0 Å². The minimum Gasteiger partial charge on any atom is -0.206 e. The second-order valence-electron chi connectivity index (χ2n) is 7.21. The van der Waals surface area contributed by atoms with Crippen LogP contribution in [0.25, 0.3) is 17.2 Å². The standard InChI is InChI=1S/C23H25F5/c1-3-5-16(2)6-4-7-17-8-10-18(11-9-17)19-14-21(24)20(22(25)15-19)12-13-23(26,27)28/h8-16H,3-7H2,1-2H3/b13-12+. The van der Waals surface area contributed by atoms with Crippen LogP contribution in [-0.4, -0.2) is 6.18 Å². The Hall–Kier alpha value is -2.17. The van der Waals surface area contributed by atoms with Crippen LogP contribution in [0.2, 0.25) is 0 Å². The largest absolute Gasteiger partial charge is 0.409 e. The number of rotatable bonds is 8. The second kappa shape index (κ2) is 9.85. The van der Waals surface area contributed by atoms with Crippen LogP contribution in [0.1, 0.15) is 50.7 Å². The van der Waals surface area contributed by atoms with E-state index in [2.05, 4.69) is 13.8 Å². The molecule has 0 nitrogen and oxygen atoms in total. The molecule has 2 aromatic rings. The molecular weight excluding hydrogens is 371 g/mol. The summed E-state index contributed by atoms with van der Waals surface area (Å²) in [6.45, 7) is 4.43. The lowest BCUT2D eigenvalue weighted by atomic mass is 9.96. The van der Waals surface area contributed by atoms with Gasteiger partial charge < -0.3 is 0 Å². The van der Waals surface area contributed by atoms with Crippen LogP contribution >= 0.6 is 0 Å². The maximum atomic E-state index is 14.1. The predicted molar refractivity (Wildman–Crippen MR) is 104 cm³/mol. The number of alkyl halides is 3. The molecule has 0 aliphatic heterocycles. The van der Waals surface area contributed by atoms with Crippen LogP contribution in [0.3, 0.4) is 0 Å². The third-order valence-corrected chi connectivity index (χ3v) is 4.75. The Morgan fingerprint density at radius 2 is 1.54 bits per heavy atom. The Labute approximate surface area is 163 Å². The molecule has 0 fully saturated rings. The van der Waals surface area contributed by atoms with Crippen molar-refractivity contribution in [2.24, 2.45) is 5.92 Å². The van der Waals surface area contributed by atoms with Gasteiger partial charge in [-0.15, -0.1) is 0 Å². The maximum Gasteiger partial charge on any atom is 0.409 e.